The number of piperazine rings is 1. The van der Waals surface area contributed by atoms with E-state index in [0.29, 0.717) is 19.2 Å². The Kier molecular flexibility index (Phi) is 5.14. The molecule has 8 nitrogen and oxygen atoms in total. The van der Waals surface area contributed by atoms with Gasteiger partial charge in [-0.05, 0) is 41.5 Å². The quantitative estimate of drug-likeness (QED) is 0.372. The number of nitrogens with one attached hydrogen (secondary N) is 1. The highest BCUT2D eigenvalue weighted by Crippen LogP contribution is 2.32. The molecule has 0 aliphatic carbocycles. The van der Waals surface area contributed by atoms with E-state index in [9.17, 15) is 4.79 Å². The molecule has 1 N–H and O–H groups in total. The molecule has 2 fully saturated rings. The van der Waals surface area contributed by atoms with Crippen molar-refractivity contribution in [2.75, 3.05) is 18.1 Å². The predicted molar refractivity (Wildman–Crippen MR) is 114 cm³/mol. The Morgan fingerprint density at radius 3 is 2.96 bits per heavy atom. The topological polar surface area (TPSA) is 85.2 Å². The Bertz CT molecular complexity index is 867. The molecule has 4 heterocycles. The minimum absolute atomic E-state index is 0.0774. The fourth-order valence-corrected chi connectivity index (χ4v) is 5.06. The Balaban J connectivity index is 1.54. The number of fused-ring (bicyclic) bond motifs is 3. The predicted octanol–water partition coefficient (Wildman–Crippen LogP) is 2.21. The summed E-state index contributed by atoms with van der Waals surface area (Å²) >= 11 is 2.20. The summed E-state index contributed by atoms with van der Waals surface area (Å²) in [5.41, 5.74) is 1.68. The molecule has 2 bridgehead atoms. The molecule has 4 rings (SSSR count). The van der Waals surface area contributed by atoms with Crippen LogP contribution in [0.4, 0.5) is 5.95 Å². The second-order valence-corrected chi connectivity index (χ2v) is 15.1. The van der Waals surface area contributed by atoms with Crippen molar-refractivity contribution in [2.24, 2.45) is 0 Å². The molecule has 2 aromatic heterocycles. The number of halogens is 1. The van der Waals surface area contributed by atoms with Crippen LogP contribution in [-0.2, 0) is 16.3 Å². The minimum Gasteiger partial charge on any atom is -0.360 e. The van der Waals surface area contributed by atoms with Crippen LogP contribution in [0.2, 0.25) is 25.7 Å². The van der Waals surface area contributed by atoms with Crippen LogP contribution in [0.3, 0.4) is 0 Å². The molecule has 0 radical (unpaired) electrons. The van der Waals surface area contributed by atoms with E-state index in [1.807, 2.05) is 4.68 Å². The van der Waals surface area contributed by atoms with Crippen molar-refractivity contribution in [3.05, 3.63) is 9.90 Å². The van der Waals surface area contributed by atoms with E-state index >= 15 is 0 Å². The number of carbonyl (C=O) groups is 1. The van der Waals surface area contributed by atoms with Gasteiger partial charge in [-0.1, -0.05) is 19.6 Å². The normalized spacial score (nSPS) is 22.5. The molecule has 2 atom stereocenters. The van der Waals surface area contributed by atoms with Gasteiger partial charge in [-0.25, -0.2) is 14.6 Å². The summed E-state index contributed by atoms with van der Waals surface area (Å²) in [6.45, 7) is 8.84. The first-order valence-electron chi connectivity index (χ1n) is 9.36. The first-order chi connectivity index (χ1) is 12.8. The van der Waals surface area contributed by atoms with E-state index < -0.39 is 8.07 Å². The van der Waals surface area contributed by atoms with Crippen molar-refractivity contribution < 1.29 is 9.53 Å². The van der Waals surface area contributed by atoms with Crippen molar-refractivity contribution in [1.82, 2.24) is 25.1 Å². The van der Waals surface area contributed by atoms with E-state index in [1.54, 1.807) is 6.20 Å². The maximum Gasteiger partial charge on any atom is 0.242 e. The first kappa shape index (κ1) is 19.1. The van der Waals surface area contributed by atoms with Crippen molar-refractivity contribution in [3.8, 4) is 0 Å². The SMILES string of the molecule is C[Si](C)(C)CCOCn1nc(I)c2nc(N3C4CCC3C(=O)NC4)ncc21. The highest BCUT2D eigenvalue weighted by Gasteiger charge is 2.43. The second kappa shape index (κ2) is 7.28. The molecular formula is C17H25IN6O2Si. The van der Waals surface area contributed by atoms with Crippen molar-refractivity contribution in [2.45, 2.75) is 57.3 Å². The number of amides is 1. The largest absolute Gasteiger partial charge is 0.360 e. The monoisotopic (exact) mass is 500 g/mol. The number of anilines is 1. The van der Waals surface area contributed by atoms with Crippen LogP contribution < -0.4 is 10.2 Å². The average molecular weight is 500 g/mol. The van der Waals surface area contributed by atoms with Crippen molar-refractivity contribution >= 4 is 53.6 Å². The molecule has 2 aromatic rings. The Morgan fingerprint density at radius 1 is 1.37 bits per heavy atom. The van der Waals surface area contributed by atoms with Gasteiger partial charge >= 0.3 is 0 Å². The molecule has 0 saturated carbocycles. The fourth-order valence-electron chi connectivity index (χ4n) is 3.65. The van der Waals surface area contributed by atoms with Gasteiger partial charge in [0.2, 0.25) is 11.9 Å². The summed E-state index contributed by atoms with van der Waals surface area (Å²) in [4.78, 5) is 23.6. The number of hydrogen-bond acceptors (Lipinski definition) is 6. The van der Waals surface area contributed by atoms with Gasteiger partial charge in [-0.15, -0.1) is 0 Å². The summed E-state index contributed by atoms with van der Waals surface area (Å²) in [5.74, 6) is 0.704. The molecule has 2 aliphatic rings. The lowest BCUT2D eigenvalue weighted by Crippen LogP contribution is -2.56. The van der Waals surface area contributed by atoms with Gasteiger partial charge in [0.25, 0.3) is 0 Å². The lowest BCUT2D eigenvalue weighted by atomic mass is 10.2. The summed E-state index contributed by atoms with van der Waals surface area (Å²) in [5, 5.41) is 7.54. The van der Waals surface area contributed by atoms with E-state index in [1.165, 1.54) is 0 Å². The van der Waals surface area contributed by atoms with Crippen LogP contribution in [0.5, 0.6) is 0 Å². The molecule has 2 aliphatic heterocycles. The smallest absolute Gasteiger partial charge is 0.242 e. The molecule has 27 heavy (non-hydrogen) atoms. The van der Waals surface area contributed by atoms with Crippen LogP contribution in [0.15, 0.2) is 6.20 Å². The lowest BCUT2D eigenvalue weighted by molar-refractivity contribution is -0.122. The van der Waals surface area contributed by atoms with Gasteiger partial charge in [0, 0.05) is 21.2 Å². The summed E-state index contributed by atoms with van der Waals surface area (Å²) in [7, 11) is -1.10. The van der Waals surface area contributed by atoms with Crippen LogP contribution >= 0.6 is 22.6 Å². The zero-order valence-electron chi connectivity index (χ0n) is 15.9. The first-order valence-corrected chi connectivity index (χ1v) is 14.1. The number of nitrogens with zero attached hydrogens (tertiary/aromatic N) is 5. The van der Waals surface area contributed by atoms with Crippen LogP contribution in [0.1, 0.15) is 12.8 Å². The highest BCUT2D eigenvalue weighted by atomic mass is 127. The van der Waals surface area contributed by atoms with E-state index in [2.05, 4.69) is 62.5 Å². The third kappa shape index (κ3) is 3.83. The third-order valence-corrected chi connectivity index (χ3v) is 7.63. The summed E-state index contributed by atoms with van der Waals surface area (Å²) in [6, 6.07) is 1.26. The summed E-state index contributed by atoms with van der Waals surface area (Å²) in [6.07, 6.45) is 3.66. The van der Waals surface area contributed by atoms with Gasteiger partial charge < -0.3 is 15.0 Å². The van der Waals surface area contributed by atoms with Crippen LogP contribution in [0.25, 0.3) is 11.0 Å². The zero-order valence-corrected chi connectivity index (χ0v) is 19.1. The molecule has 10 heteroatoms. The van der Waals surface area contributed by atoms with E-state index in [0.717, 1.165) is 40.2 Å². The molecule has 2 saturated heterocycles. The van der Waals surface area contributed by atoms with Gasteiger partial charge in [0.05, 0.1) is 12.2 Å². The minimum atomic E-state index is -1.10. The van der Waals surface area contributed by atoms with Gasteiger partial charge in [-0.3, -0.25) is 4.79 Å². The van der Waals surface area contributed by atoms with Gasteiger partial charge in [0.15, 0.2) is 0 Å². The number of ether oxygens (including phenoxy) is 1. The van der Waals surface area contributed by atoms with Crippen LogP contribution in [0, 0.1) is 3.70 Å². The highest BCUT2D eigenvalue weighted by molar-refractivity contribution is 14.1. The molecule has 2 unspecified atom stereocenters. The lowest BCUT2D eigenvalue weighted by Gasteiger charge is -2.34. The Morgan fingerprint density at radius 2 is 2.19 bits per heavy atom. The number of aromatic nitrogens is 4. The third-order valence-electron chi connectivity index (χ3n) is 5.20. The standard InChI is InChI=1S/C17H25IN6O2Si/c1-27(2,3)7-6-26-10-23-13-9-20-17(21-14(13)15(18)22-23)24-11-4-5-12(24)16(25)19-8-11/h9,11-12H,4-8,10H2,1-3H3,(H,19,25). The van der Waals surface area contributed by atoms with Gasteiger partial charge in [-0.2, -0.15) is 5.10 Å². The average Bonchev–Trinajstić information content (AvgIpc) is 3.11. The fraction of sp³-hybridized carbons (Fsp3) is 0.647. The summed E-state index contributed by atoms with van der Waals surface area (Å²) < 4.78 is 8.48. The zero-order chi connectivity index (χ0) is 19.2. The molecule has 0 aromatic carbocycles. The van der Waals surface area contributed by atoms with Gasteiger partial charge in [0.1, 0.15) is 27.5 Å². The van der Waals surface area contributed by atoms with Crippen molar-refractivity contribution in [1.29, 1.82) is 0 Å². The maximum atomic E-state index is 12.1. The Labute approximate surface area is 173 Å². The Hall–Kier alpha value is -1.27. The van der Waals surface area contributed by atoms with Crippen molar-refractivity contribution in [3.63, 3.8) is 0 Å². The molecular weight excluding hydrogens is 475 g/mol. The second-order valence-electron chi connectivity index (χ2n) is 8.44. The molecule has 146 valence electrons. The van der Waals surface area contributed by atoms with Crippen LogP contribution in [-0.4, -0.2) is 59.0 Å². The van der Waals surface area contributed by atoms with E-state index in [-0.39, 0.29) is 18.0 Å². The number of hydrogen-bond donors (Lipinski definition) is 1. The number of rotatable bonds is 6. The molecule has 0 spiro atoms. The number of carbonyl (C=O) groups excluding carboxylic acids is 1. The van der Waals surface area contributed by atoms with E-state index in [4.69, 9.17) is 9.72 Å². The maximum absolute atomic E-state index is 12.1. The molecule has 1 amide bonds.